The summed E-state index contributed by atoms with van der Waals surface area (Å²) in [5.74, 6) is 0.577. The van der Waals surface area contributed by atoms with Gasteiger partial charge in [-0.25, -0.2) is 0 Å². The molecule has 5 nitrogen and oxygen atoms in total. The summed E-state index contributed by atoms with van der Waals surface area (Å²) in [6.07, 6.45) is 0. The molecule has 1 unspecified atom stereocenters. The third kappa shape index (κ3) is 3.29. The second kappa shape index (κ2) is 5.05. The topological polar surface area (TPSA) is 87.7 Å². The first-order chi connectivity index (χ1) is 7.48. The van der Waals surface area contributed by atoms with Gasteiger partial charge in [0.1, 0.15) is 11.4 Å². The van der Waals surface area contributed by atoms with Crippen LogP contribution in [0.4, 0.5) is 11.4 Å². The average molecular weight is 226 g/mol. The van der Waals surface area contributed by atoms with Crippen LogP contribution in [0.25, 0.3) is 0 Å². The average Bonchev–Trinajstić information content (AvgIpc) is 2.28. The van der Waals surface area contributed by atoms with Gasteiger partial charge in [-0.1, -0.05) is 0 Å². The van der Waals surface area contributed by atoms with Crippen molar-refractivity contribution in [1.29, 1.82) is 0 Å². The molecule has 16 heavy (non-hydrogen) atoms. The number of nitrogens with one attached hydrogen (secondary N) is 1. The lowest BCUT2D eigenvalue weighted by Crippen LogP contribution is -2.37. The van der Waals surface area contributed by atoms with Crippen molar-refractivity contribution in [2.75, 3.05) is 31.3 Å². The summed E-state index contributed by atoms with van der Waals surface area (Å²) in [6, 6.07) is 5.24. The van der Waals surface area contributed by atoms with Crippen LogP contribution in [-0.4, -0.2) is 36.1 Å². The van der Waals surface area contributed by atoms with E-state index >= 15 is 0 Å². The summed E-state index contributed by atoms with van der Waals surface area (Å²) >= 11 is 0. The van der Waals surface area contributed by atoms with Gasteiger partial charge in [0.05, 0.1) is 19.4 Å². The lowest BCUT2D eigenvalue weighted by molar-refractivity contribution is 0.0132. The van der Waals surface area contributed by atoms with Gasteiger partial charge in [0.15, 0.2) is 0 Å². The van der Waals surface area contributed by atoms with Crippen molar-refractivity contribution in [3.63, 3.8) is 0 Å². The van der Waals surface area contributed by atoms with Gasteiger partial charge >= 0.3 is 0 Å². The molecule has 0 heterocycles. The van der Waals surface area contributed by atoms with Crippen molar-refractivity contribution >= 4 is 11.4 Å². The fraction of sp³-hybridized carbons (Fsp3) is 0.455. The van der Waals surface area contributed by atoms with Crippen molar-refractivity contribution in [3.05, 3.63) is 18.2 Å². The highest BCUT2D eigenvalue weighted by Gasteiger charge is 2.18. The van der Waals surface area contributed by atoms with Gasteiger partial charge in [-0.3, -0.25) is 0 Å². The highest BCUT2D eigenvalue weighted by molar-refractivity contribution is 5.61. The number of methoxy groups -OCH3 is 1. The summed E-state index contributed by atoms with van der Waals surface area (Å²) in [7, 11) is 1.54. The van der Waals surface area contributed by atoms with Gasteiger partial charge in [0.25, 0.3) is 0 Å². The van der Waals surface area contributed by atoms with Gasteiger partial charge in [0.2, 0.25) is 0 Å². The fourth-order valence-electron chi connectivity index (χ4n) is 1.17. The minimum atomic E-state index is -1.14. The molecule has 5 N–H and O–H groups in total. The van der Waals surface area contributed by atoms with E-state index in [1.54, 1.807) is 32.2 Å². The third-order valence-electron chi connectivity index (χ3n) is 2.25. The monoisotopic (exact) mass is 226 g/mol. The number of nitrogen functional groups attached to an aromatic ring is 1. The smallest absolute Gasteiger partial charge is 0.143 e. The number of ether oxygens (including phenoxy) is 1. The van der Waals surface area contributed by atoms with E-state index in [0.29, 0.717) is 11.4 Å². The quantitative estimate of drug-likeness (QED) is 0.547. The third-order valence-corrected chi connectivity index (χ3v) is 2.25. The van der Waals surface area contributed by atoms with Crippen LogP contribution in [0.5, 0.6) is 5.75 Å². The molecular formula is C11H18N2O3. The van der Waals surface area contributed by atoms with Crippen LogP contribution < -0.4 is 15.8 Å². The van der Waals surface area contributed by atoms with E-state index in [1.165, 1.54) is 0 Å². The number of anilines is 2. The Balaban J connectivity index is 2.68. The second-order valence-electron chi connectivity index (χ2n) is 3.97. The highest BCUT2D eigenvalue weighted by atomic mass is 16.5. The summed E-state index contributed by atoms with van der Waals surface area (Å²) in [6.45, 7) is 1.50. The van der Waals surface area contributed by atoms with Crippen LogP contribution in [0.3, 0.4) is 0 Å². The molecule has 0 aliphatic rings. The van der Waals surface area contributed by atoms with Gasteiger partial charge < -0.3 is 26.0 Å². The van der Waals surface area contributed by atoms with E-state index in [-0.39, 0.29) is 13.2 Å². The Labute approximate surface area is 94.8 Å². The Bertz CT molecular complexity index is 353. The molecule has 0 saturated carbocycles. The van der Waals surface area contributed by atoms with Crippen LogP contribution in [0, 0.1) is 0 Å². The zero-order valence-corrected chi connectivity index (χ0v) is 9.53. The lowest BCUT2D eigenvalue weighted by Gasteiger charge is -2.21. The SMILES string of the molecule is COc1cc(NCC(C)(O)CO)ccc1N. The summed E-state index contributed by atoms with van der Waals surface area (Å²) in [5, 5.41) is 21.5. The number of benzene rings is 1. The van der Waals surface area contributed by atoms with Crippen LogP contribution in [0.1, 0.15) is 6.92 Å². The van der Waals surface area contributed by atoms with E-state index in [1.807, 2.05) is 0 Å². The lowest BCUT2D eigenvalue weighted by atomic mass is 10.1. The van der Waals surface area contributed by atoms with Crippen molar-refractivity contribution in [1.82, 2.24) is 0 Å². The molecule has 0 aromatic heterocycles. The van der Waals surface area contributed by atoms with E-state index in [9.17, 15) is 5.11 Å². The van der Waals surface area contributed by atoms with Gasteiger partial charge in [-0.15, -0.1) is 0 Å². The summed E-state index contributed by atoms with van der Waals surface area (Å²) in [5.41, 5.74) is 5.86. The van der Waals surface area contributed by atoms with Crippen LogP contribution in [0.2, 0.25) is 0 Å². The predicted octanol–water partition coefficient (Wildman–Crippen LogP) is 0.433. The largest absolute Gasteiger partial charge is 0.495 e. The Kier molecular flexibility index (Phi) is 3.98. The summed E-state index contributed by atoms with van der Waals surface area (Å²) in [4.78, 5) is 0. The number of aliphatic hydroxyl groups excluding tert-OH is 1. The minimum Gasteiger partial charge on any atom is -0.495 e. The molecule has 90 valence electrons. The zero-order chi connectivity index (χ0) is 12.2. The maximum absolute atomic E-state index is 9.60. The fourth-order valence-corrected chi connectivity index (χ4v) is 1.17. The van der Waals surface area contributed by atoms with Gasteiger partial charge in [-0.2, -0.15) is 0 Å². The first-order valence-corrected chi connectivity index (χ1v) is 4.99. The van der Waals surface area contributed by atoms with E-state index in [0.717, 1.165) is 5.69 Å². The zero-order valence-electron chi connectivity index (χ0n) is 9.53. The summed E-state index contributed by atoms with van der Waals surface area (Å²) < 4.78 is 5.07. The van der Waals surface area contributed by atoms with Crippen LogP contribution in [-0.2, 0) is 0 Å². The maximum Gasteiger partial charge on any atom is 0.143 e. The molecule has 0 spiro atoms. The number of hydrogen-bond donors (Lipinski definition) is 4. The molecule has 1 aromatic rings. The molecular weight excluding hydrogens is 208 g/mol. The Morgan fingerprint density at radius 1 is 1.50 bits per heavy atom. The maximum atomic E-state index is 9.60. The molecule has 1 rings (SSSR count). The van der Waals surface area contributed by atoms with Gasteiger partial charge in [-0.05, 0) is 19.1 Å². The Morgan fingerprint density at radius 3 is 2.75 bits per heavy atom. The standard InChI is InChI=1S/C11H18N2O3/c1-11(15,7-14)6-13-8-3-4-9(12)10(5-8)16-2/h3-5,13-15H,6-7,12H2,1-2H3. The van der Waals surface area contributed by atoms with Crippen LogP contribution in [0.15, 0.2) is 18.2 Å². The van der Waals surface area contributed by atoms with Crippen molar-refractivity contribution < 1.29 is 14.9 Å². The van der Waals surface area contributed by atoms with E-state index < -0.39 is 5.60 Å². The first kappa shape index (κ1) is 12.6. The molecule has 0 radical (unpaired) electrons. The predicted molar refractivity (Wildman–Crippen MR) is 63.6 cm³/mol. The number of rotatable bonds is 5. The minimum absolute atomic E-state index is 0.247. The van der Waals surface area contributed by atoms with Crippen molar-refractivity contribution in [2.45, 2.75) is 12.5 Å². The van der Waals surface area contributed by atoms with Crippen molar-refractivity contribution in [3.8, 4) is 5.75 Å². The molecule has 0 aliphatic carbocycles. The normalized spacial score (nSPS) is 14.2. The molecule has 5 heteroatoms. The molecule has 0 saturated heterocycles. The van der Waals surface area contributed by atoms with E-state index in [2.05, 4.69) is 5.32 Å². The Morgan fingerprint density at radius 2 is 2.19 bits per heavy atom. The van der Waals surface area contributed by atoms with Gasteiger partial charge in [0, 0.05) is 18.3 Å². The molecule has 1 atom stereocenters. The highest BCUT2D eigenvalue weighted by Crippen LogP contribution is 2.25. The number of nitrogens with two attached hydrogens (primary N) is 1. The molecule has 1 aromatic carbocycles. The molecule has 0 fully saturated rings. The first-order valence-electron chi connectivity index (χ1n) is 4.99. The molecule has 0 bridgehead atoms. The number of aliphatic hydroxyl groups is 2. The molecule has 0 aliphatic heterocycles. The Hall–Kier alpha value is -1.46. The second-order valence-corrected chi connectivity index (χ2v) is 3.97. The van der Waals surface area contributed by atoms with Crippen molar-refractivity contribution in [2.24, 2.45) is 0 Å². The van der Waals surface area contributed by atoms with E-state index in [4.69, 9.17) is 15.6 Å². The molecule has 0 amide bonds. The van der Waals surface area contributed by atoms with Crippen LogP contribution >= 0.6 is 0 Å². The number of hydrogen-bond acceptors (Lipinski definition) is 5.